The molecule has 0 fully saturated rings. The Bertz CT molecular complexity index is 891. The Morgan fingerprint density at radius 3 is 2.92 bits per heavy atom. The van der Waals surface area contributed by atoms with Crippen LogP contribution in [-0.2, 0) is 29.5 Å². The number of fused-ring (bicyclic) bond motifs is 1. The summed E-state index contributed by atoms with van der Waals surface area (Å²) < 4.78 is 41.9. The Labute approximate surface area is 140 Å². The summed E-state index contributed by atoms with van der Waals surface area (Å²) in [4.78, 5) is 4.39. The van der Waals surface area contributed by atoms with Crippen LogP contribution in [-0.4, -0.2) is 29.3 Å². The predicted molar refractivity (Wildman–Crippen MR) is 84.9 cm³/mol. The number of hydrogen-bond donors (Lipinski definition) is 0. The van der Waals surface area contributed by atoms with Crippen LogP contribution in [0, 0.1) is 17.1 Å². The highest BCUT2D eigenvalue weighted by molar-refractivity contribution is 7.89. The van der Waals surface area contributed by atoms with Crippen molar-refractivity contribution in [2.75, 3.05) is 7.05 Å². The number of aryl methyl sites for hydroxylation is 2. The van der Waals surface area contributed by atoms with E-state index in [2.05, 4.69) is 9.55 Å². The van der Waals surface area contributed by atoms with Gasteiger partial charge in [0.15, 0.2) is 0 Å². The van der Waals surface area contributed by atoms with Crippen molar-refractivity contribution < 1.29 is 12.8 Å². The van der Waals surface area contributed by atoms with Gasteiger partial charge >= 0.3 is 0 Å². The molecular weight excluding hydrogens is 331 g/mol. The minimum absolute atomic E-state index is 0.105. The maximum absolute atomic E-state index is 13.4. The van der Waals surface area contributed by atoms with Crippen molar-refractivity contribution in [1.82, 2.24) is 13.9 Å². The van der Waals surface area contributed by atoms with Gasteiger partial charge in [0.2, 0.25) is 10.0 Å². The molecule has 0 N–H and O–H groups in total. The SMILES string of the molecule is CN(Cc1cn2c(n1)CCCC2)S(=O)(=O)c1ccc(F)c(C#N)c1. The maximum atomic E-state index is 13.4. The number of nitrogens with zero attached hydrogens (tertiary/aromatic N) is 4. The second-order valence-electron chi connectivity index (χ2n) is 5.81. The third kappa shape index (κ3) is 3.05. The van der Waals surface area contributed by atoms with Gasteiger partial charge in [0, 0.05) is 26.2 Å². The summed E-state index contributed by atoms with van der Waals surface area (Å²) >= 11 is 0. The van der Waals surface area contributed by atoms with Crippen LogP contribution in [0.1, 0.15) is 29.9 Å². The van der Waals surface area contributed by atoms with Crippen LogP contribution in [0.4, 0.5) is 4.39 Å². The molecule has 8 heteroatoms. The molecule has 0 bridgehead atoms. The van der Waals surface area contributed by atoms with Gasteiger partial charge in [-0.2, -0.15) is 9.57 Å². The first-order valence-electron chi connectivity index (χ1n) is 7.63. The third-order valence-electron chi connectivity index (χ3n) is 4.11. The molecular formula is C16H17FN4O2S. The highest BCUT2D eigenvalue weighted by Crippen LogP contribution is 2.21. The second kappa shape index (κ2) is 6.34. The molecule has 1 aromatic heterocycles. The lowest BCUT2D eigenvalue weighted by Crippen LogP contribution is -2.26. The Kier molecular flexibility index (Phi) is 4.39. The van der Waals surface area contributed by atoms with Gasteiger partial charge in [-0.1, -0.05) is 0 Å². The van der Waals surface area contributed by atoms with Gasteiger partial charge in [0.1, 0.15) is 17.7 Å². The average molecular weight is 348 g/mol. The van der Waals surface area contributed by atoms with Crippen molar-refractivity contribution in [3.8, 4) is 6.07 Å². The largest absolute Gasteiger partial charge is 0.335 e. The molecule has 1 aromatic carbocycles. The molecule has 0 atom stereocenters. The molecule has 1 aliphatic heterocycles. The minimum Gasteiger partial charge on any atom is -0.335 e. The highest BCUT2D eigenvalue weighted by atomic mass is 32.2. The van der Waals surface area contributed by atoms with Crippen molar-refractivity contribution in [1.29, 1.82) is 5.26 Å². The first-order valence-corrected chi connectivity index (χ1v) is 9.07. The molecule has 24 heavy (non-hydrogen) atoms. The summed E-state index contributed by atoms with van der Waals surface area (Å²) in [6.07, 6.45) is 4.98. The van der Waals surface area contributed by atoms with Gasteiger partial charge < -0.3 is 4.57 Å². The van der Waals surface area contributed by atoms with E-state index in [9.17, 15) is 12.8 Å². The molecule has 3 rings (SSSR count). The number of sulfonamides is 1. The zero-order valence-electron chi connectivity index (χ0n) is 13.2. The summed E-state index contributed by atoms with van der Waals surface area (Å²) in [5.74, 6) is 0.247. The Morgan fingerprint density at radius 1 is 1.42 bits per heavy atom. The van der Waals surface area contributed by atoms with Crippen LogP contribution < -0.4 is 0 Å². The van der Waals surface area contributed by atoms with Gasteiger partial charge in [-0.25, -0.2) is 17.8 Å². The molecule has 126 valence electrons. The van der Waals surface area contributed by atoms with Gasteiger partial charge in [0.25, 0.3) is 0 Å². The quantitative estimate of drug-likeness (QED) is 0.847. The Balaban J connectivity index is 1.84. The molecule has 0 spiro atoms. The summed E-state index contributed by atoms with van der Waals surface area (Å²) in [5.41, 5.74) is 0.391. The van der Waals surface area contributed by atoms with E-state index in [0.717, 1.165) is 48.1 Å². The van der Waals surface area contributed by atoms with Gasteiger partial charge in [0.05, 0.1) is 22.7 Å². The first-order chi connectivity index (χ1) is 11.4. The topological polar surface area (TPSA) is 79.0 Å². The summed E-state index contributed by atoms with van der Waals surface area (Å²) in [7, 11) is -2.37. The lowest BCUT2D eigenvalue weighted by atomic mass is 10.2. The fourth-order valence-corrected chi connectivity index (χ4v) is 3.96. The Hall–Kier alpha value is -2.24. The highest BCUT2D eigenvalue weighted by Gasteiger charge is 2.24. The summed E-state index contributed by atoms with van der Waals surface area (Å²) in [6.45, 7) is 1.03. The molecule has 0 radical (unpaired) electrons. The van der Waals surface area contributed by atoms with E-state index in [0.29, 0.717) is 5.69 Å². The number of benzene rings is 1. The molecule has 2 heterocycles. The van der Waals surface area contributed by atoms with Gasteiger partial charge in [-0.3, -0.25) is 0 Å². The predicted octanol–water partition coefficient (Wildman–Crippen LogP) is 2.05. The van der Waals surface area contributed by atoms with Gasteiger partial charge in [-0.05, 0) is 31.0 Å². The van der Waals surface area contributed by atoms with Crippen LogP contribution in [0.25, 0.3) is 0 Å². The van der Waals surface area contributed by atoms with Crippen LogP contribution in [0.15, 0.2) is 29.3 Å². The smallest absolute Gasteiger partial charge is 0.243 e. The van der Waals surface area contributed by atoms with Crippen molar-refractivity contribution in [3.05, 3.63) is 47.3 Å². The van der Waals surface area contributed by atoms with E-state index in [4.69, 9.17) is 5.26 Å². The summed E-state index contributed by atoms with van der Waals surface area (Å²) in [6, 6.07) is 4.87. The van der Waals surface area contributed by atoms with E-state index in [-0.39, 0.29) is 17.0 Å². The van der Waals surface area contributed by atoms with E-state index < -0.39 is 15.8 Å². The first kappa shape index (κ1) is 16.6. The number of hydrogen-bond acceptors (Lipinski definition) is 4. The minimum atomic E-state index is -3.82. The fraction of sp³-hybridized carbons (Fsp3) is 0.375. The molecule has 0 saturated carbocycles. The number of imidazole rings is 1. The van der Waals surface area contributed by atoms with Crippen molar-refractivity contribution in [2.45, 2.75) is 37.2 Å². The van der Waals surface area contributed by atoms with E-state index >= 15 is 0 Å². The molecule has 2 aromatic rings. The lowest BCUT2D eigenvalue weighted by Gasteiger charge is -2.16. The standard InChI is InChI=1S/C16H17FN4O2S/c1-20(10-13-11-21-7-3-2-4-16(21)19-13)24(22,23)14-5-6-15(17)12(8-14)9-18/h5-6,8,11H,2-4,7,10H2,1H3. The van der Waals surface area contributed by atoms with Crippen molar-refractivity contribution in [2.24, 2.45) is 0 Å². The molecule has 0 amide bonds. The zero-order chi connectivity index (χ0) is 17.3. The van der Waals surface area contributed by atoms with Crippen LogP contribution in [0.5, 0.6) is 0 Å². The van der Waals surface area contributed by atoms with Crippen LogP contribution >= 0.6 is 0 Å². The Morgan fingerprint density at radius 2 is 2.21 bits per heavy atom. The second-order valence-corrected chi connectivity index (χ2v) is 7.86. The molecule has 1 aliphatic rings. The normalized spacial score (nSPS) is 14.4. The monoisotopic (exact) mass is 348 g/mol. The van der Waals surface area contributed by atoms with Crippen molar-refractivity contribution in [3.63, 3.8) is 0 Å². The van der Waals surface area contributed by atoms with E-state index in [1.165, 1.54) is 13.1 Å². The number of nitriles is 1. The molecule has 6 nitrogen and oxygen atoms in total. The number of rotatable bonds is 4. The number of halogens is 1. The maximum Gasteiger partial charge on any atom is 0.243 e. The average Bonchev–Trinajstić information content (AvgIpc) is 2.97. The fourth-order valence-electron chi connectivity index (χ4n) is 2.79. The number of aromatic nitrogens is 2. The third-order valence-corrected chi connectivity index (χ3v) is 5.91. The van der Waals surface area contributed by atoms with Gasteiger partial charge in [-0.15, -0.1) is 0 Å². The van der Waals surface area contributed by atoms with Crippen LogP contribution in [0.2, 0.25) is 0 Å². The van der Waals surface area contributed by atoms with Crippen molar-refractivity contribution >= 4 is 10.0 Å². The van der Waals surface area contributed by atoms with Crippen LogP contribution in [0.3, 0.4) is 0 Å². The van der Waals surface area contributed by atoms with E-state index in [1.54, 1.807) is 6.07 Å². The molecule has 0 saturated heterocycles. The summed E-state index contributed by atoms with van der Waals surface area (Å²) in [5, 5.41) is 8.86. The molecule has 0 unspecified atom stereocenters. The zero-order valence-corrected chi connectivity index (χ0v) is 14.1. The molecule has 0 aliphatic carbocycles. The lowest BCUT2D eigenvalue weighted by molar-refractivity contribution is 0.462. The van der Waals surface area contributed by atoms with E-state index in [1.807, 2.05) is 6.20 Å².